The smallest absolute Gasteiger partial charge is 0.142 e. The van der Waals surface area contributed by atoms with Gasteiger partial charge in [0, 0.05) is 5.56 Å². The molecule has 0 aliphatic heterocycles. The molecule has 2 rings (SSSR count). The number of anilines is 1. The number of terminal acetylenes is 1. The Morgan fingerprint density at radius 3 is 2.65 bits per heavy atom. The fourth-order valence-corrected chi connectivity index (χ4v) is 2.30. The Kier molecular flexibility index (Phi) is 4.84. The van der Waals surface area contributed by atoms with Gasteiger partial charge in [0.15, 0.2) is 0 Å². The number of nitrogens with zero attached hydrogens (tertiary/aromatic N) is 2. The van der Waals surface area contributed by atoms with Crippen LogP contribution < -0.4 is 5.73 Å². The zero-order valence-corrected chi connectivity index (χ0v) is 12.0. The molecule has 0 radical (unpaired) electrons. The summed E-state index contributed by atoms with van der Waals surface area (Å²) in [6, 6.07) is 10.0. The van der Waals surface area contributed by atoms with Gasteiger partial charge in [-0.25, -0.2) is 4.98 Å². The molecular weight excluding hydrogens is 246 g/mol. The molecule has 2 aromatic rings. The lowest BCUT2D eigenvalue weighted by Gasteiger charge is -2.06. The van der Waals surface area contributed by atoms with Gasteiger partial charge in [0.25, 0.3) is 0 Å². The summed E-state index contributed by atoms with van der Waals surface area (Å²) < 4.78 is 1.93. The van der Waals surface area contributed by atoms with E-state index < -0.39 is 0 Å². The molecule has 2 N–H and O–H groups in total. The van der Waals surface area contributed by atoms with Crippen LogP contribution in [0.4, 0.5) is 5.82 Å². The van der Waals surface area contributed by atoms with Crippen LogP contribution in [0.1, 0.15) is 31.9 Å². The maximum absolute atomic E-state index is 6.21. The molecule has 0 fully saturated rings. The molecule has 3 heteroatoms. The topological polar surface area (TPSA) is 43.8 Å². The molecule has 0 bridgehead atoms. The molecule has 104 valence electrons. The fraction of sp³-hybridized carbons (Fsp3) is 0.353. The quantitative estimate of drug-likeness (QED) is 0.643. The summed E-state index contributed by atoms with van der Waals surface area (Å²) in [4.78, 5) is 4.71. The largest absolute Gasteiger partial charge is 0.384 e. The second kappa shape index (κ2) is 6.81. The molecule has 0 unspecified atom stereocenters. The second-order valence-electron chi connectivity index (χ2n) is 4.88. The van der Waals surface area contributed by atoms with E-state index in [9.17, 15) is 0 Å². The molecule has 0 aliphatic rings. The summed E-state index contributed by atoms with van der Waals surface area (Å²) in [5.74, 6) is 4.23. The monoisotopic (exact) mass is 267 g/mol. The van der Waals surface area contributed by atoms with Crippen molar-refractivity contribution in [2.24, 2.45) is 0 Å². The van der Waals surface area contributed by atoms with E-state index in [1.54, 1.807) is 0 Å². The molecule has 0 atom stereocenters. The van der Waals surface area contributed by atoms with E-state index in [2.05, 4.69) is 12.8 Å². The van der Waals surface area contributed by atoms with Gasteiger partial charge in [-0.15, -0.1) is 6.42 Å². The number of aromatic nitrogens is 2. The Morgan fingerprint density at radius 1 is 1.25 bits per heavy atom. The third-order valence-corrected chi connectivity index (χ3v) is 3.38. The number of unbranched alkanes of at least 4 members (excludes halogenated alkanes) is 2. The van der Waals surface area contributed by atoms with Gasteiger partial charge in [-0.1, -0.05) is 56.0 Å². The average Bonchev–Trinajstić information content (AvgIpc) is 2.78. The number of imidazole rings is 1. The summed E-state index contributed by atoms with van der Waals surface area (Å²) in [6.45, 7) is 2.65. The van der Waals surface area contributed by atoms with E-state index in [-0.39, 0.29) is 0 Å². The van der Waals surface area contributed by atoms with Gasteiger partial charge in [-0.2, -0.15) is 0 Å². The van der Waals surface area contributed by atoms with Crippen molar-refractivity contribution in [2.45, 2.75) is 39.2 Å². The van der Waals surface area contributed by atoms with Gasteiger partial charge in [0.2, 0.25) is 0 Å². The highest BCUT2D eigenvalue weighted by atomic mass is 15.1. The van der Waals surface area contributed by atoms with Crippen LogP contribution in [0.2, 0.25) is 0 Å². The number of nitrogens with two attached hydrogens (primary N) is 1. The number of rotatable bonds is 6. The molecule has 0 aliphatic carbocycles. The Morgan fingerprint density at radius 2 is 2.00 bits per heavy atom. The number of hydrogen-bond donors (Lipinski definition) is 1. The van der Waals surface area contributed by atoms with Crippen molar-refractivity contribution in [1.29, 1.82) is 0 Å². The summed E-state index contributed by atoms with van der Waals surface area (Å²) in [5.41, 5.74) is 8.23. The van der Waals surface area contributed by atoms with Gasteiger partial charge in [0.1, 0.15) is 11.6 Å². The first kappa shape index (κ1) is 14.2. The van der Waals surface area contributed by atoms with Crippen LogP contribution in [0.3, 0.4) is 0 Å². The average molecular weight is 267 g/mol. The van der Waals surface area contributed by atoms with Crippen molar-refractivity contribution in [3.63, 3.8) is 0 Å². The van der Waals surface area contributed by atoms with E-state index in [4.69, 9.17) is 17.1 Å². The van der Waals surface area contributed by atoms with Gasteiger partial charge >= 0.3 is 0 Å². The van der Waals surface area contributed by atoms with E-state index in [0.717, 1.165) is 29.9 Å². The number of nitrogen functional groups attached to an aromatic ring is 1. The van der Waals surface area contributed by atoms with Crippen molar-refractivity contribution < 1.29 is 0 Å². The number of aryl methyl sites for hydroxylation is 1. The standard InChI is InChI=1S/C17H21N3/c1-3-5-7-12-15-16(18)20(13-4-2)17(19-15)14-10-8-6-9-11-14/h2,6,8-11H,3,5,7,12-13,18H2,1H3. The van der Waals surface area contributed by atoms with Gasteiger partial charge < -0.3 is 5.73 Å². The van der Waals surface area contributed by atoms with E-state index in [1.165, 1.54) is 12.8 Å². The molecule has 1 aromatic heterocycles. The van der Waals surface area contributed by atoms with Crippen molar-refractivity contribution in [3.8, 4) is 23.7 Å². The van der Waals surface area contributed by atoms with Crippen molar-refractivity contribution in [1.82, 2.24) is 9.55 Å². The lowest BCUT2D eigenvalue weighted by molar-refractivity contribution is 0.710. The van der Waals surface area contributed by atoms with Gasteiger partial charge in [-0.3, -0.25) is 4.57 Å². The molecule has 3 nitrogen and oxygen atoms in total. The van der Waals surface area contributed by atoms with Crippen molar-refractivity contribution in [2.75, 3.05) is 5.73 Å². The van der Waals surface area contributed by atoms with Crippen molar-refractivity contribution in [3.05, 3.63) is 36.0 Å². The molecular formula is C17H21N3. The zero-order valence-electron chi connectivity index (χ0n) is 12.0. The third kappa shape index (κ3) is 3.03. The first-order valence-corrected chi connectivity index (χ1v) is 7.11. The van der Waals surface area contributed by atoms with E-state index in [0.29, 0.717) is 12.4 Å². The summed E-state index contributed by atoms with van der Waals surface area (Å²) in [6.07, 6.45) is 9.87. The molecule has 0 saturated heterocycles. The van der Waals surface area contributed by atoms with Crippen LogP contribution in [0.5, 0.6) is 0 Å². The Hall–Kier alpha value is -2.21. The lowest BCUT2D eigenvalue weighted by Crippen LogP contribution is -2.04. The number of hydrogen-bond acceptors (Lipinski definition) is 2. The molecule has 20 heavy (non-hydrogen) atoms. The first-order chi connectivity index (χ1) is 9.77. The predicted molar refractivity (Wildman–Crippen MR) is 84.1 cm³/mol. The highest BCUT2D eigenvalue weighted by Gasteiger charge is 2.14. The first-order valence-electron chi connectivity index (χ1n) is 7.11. The SMILES string of the molecule is C#CCn1c(-c2ccccc2)nc(CCCCC)c1N. The van der Waals surface area contributed by atoms with Crippen LogP contribution >= 0.6 is 0 Å². The zero-order chi connectivity index (χ0) is 14.4. The predicted octanol–water partition coefficient (Wildman–Crippen LogP) is 3.50. The molecule has 0 spiro atoms. The van der Waals surface area contributed by atoms with Gasteiger partial charge in [0.05, 0.1) is 12.2 Å². The highest BCUT2D eigenvalue weighted by molar-refractivity contribution is 5.60. The van der Waals surface area contributed by atoms with Crippen LogP contribution in [0, 0.1) is 12.3 Å². The maximum atomic E-state index is 6.21. The van der Waals surface area contributed by atoms with E-state index >= 15 is 0 Å². The highest BCUT2D eigenvalue weighted by Crippen LogP contribution is 2.25. The van der Waals surface area contributed by atoms with Gasteiger partial charge in [-0.05, 0) is 12.8 Å². The maximum Gasteiger partial charge on any atom is 0.142 e. The van der Waals surface area contributed by atoms with Crippen LogP contribution in [-0.2, 0) is 13.0 Å². The summed E-state index contributed by atoms with van der Waals surface area (Å²) in [5, 5.41) is 0. The van der Waals surface area contributed by atoms with Crippen LogP contribution in [0.15, 0.2) is 30.3 Å². The van der Waals surface area contributed by atoms with Crippen LogP contribution in [-0.4, -0.2) is 9.55 Å². The molecule has 1 aromatic carbocycles. The minimum atomic E-state index is 0.455. The second-order valence-corrected chi connectivity index (χ2v) is 4.88. The lowest BCUT2D eigenvalue weighted by atomic mass is 10.1. The van der Waals surface area contributed by atoms with Crippen LogP contribution in [0.25, 0.3) is 11.4 Å². The summed E-state index contributed by atoms with van der Waals surface area (Å²) >= 11 is 0. The minimum absolute atomic E-state index is 0.455. The molecule has 1 heterocycles. The number of benzene rings is 1. The Balaban J connectivity index is 2.35. The molecule has 0 amide bonds. The van der Waals surface area contributed by atoms with Crippen molar-refractivity contribution >= 4 is 5.82 Å². The minimum Gasteiger partial charge on any atom is -0.384 e. The molecule has 0 saturated carbocycles. The Labute approximate surface area is 120 Å². The summed E-state index contributed by atoms with van der Waals surface area (Å²) in [7, 11) is 0. The van der Waals surface area contributed by atoms with E-state index in [1.807, 2.05) is 34.9 Å². The third-order valence-electron chi connectivity index (χ3n) is 3.38. The fourth-order valence-electron chi connectivity index (χ4n) is 2.30. The Bertz CT molecular complexity index is 591. The normalized spacial score (nSPS) is 10.4.